The highest BCUT2D eigenvalue weighted by atomic mass is 32.2. The second kappa shape index (κ2) is 8.36. The molecule has 0 saturated heterocycles. The summed E-state index contributed by atoms with van der Waals surface area (Å²) in [5, 5.41) is 9.33. The molecule has 29 heavy (non-hydrogen) atoms. The Morgan fingerprint density at radius 3 is 2.28 bits per heavy atom. The first-order valence-corrected chi connectivity index (χ1v) is 10.5. The molecule has 0 fully saturated rings. The van der Waals surface area contributed by atoms with Gasteiger partial charge in [-0.05, 0) is 42.8 Å². The molecule has 0 bridgehead atoms. The Morgan fingerprint density at radius 2 is 1.66 bits per heavy atom. The molecule has 0 heterocycles. The Labute approximate surface area is 170 Å². The highest BCUT2D eigenvalue weighted by Crippen LogP contribution is 2.30. The lowest BCUT2D eigenvalue weighted by atomic mass is 10.1. The van der Waals surface area contributed by atoms with Crippen LogP contribution >= 0.6 is 0 Å². The fraction of sp³-hybridized carbons (Fsp3) is 0.136. The molecular formula is C22H22N2O4S. The number of benzene rings is 3. The lowest BCUT2D eigenvalue weighted by molar-refractivity contribution is 0.0697. The van der Waals surface area contributed by atoms with E-state index >= 15 is 0 Å². The molecule has 0 aliphatic carbocycles. The van der Waals surface area contributed by atoms with Gasteiger partial charge in [0.2, 0.25) is 0 Å². The largest absolute Gasteiger partial charge is 0.478 e. The molecule has 0 unspecified atom stereocenters. The van der Waals surface area contributed by atoms with E-state index in [4.69, 9.17) is 0 Å². The molecule has 3 aromatic rings. The number of hydrogen-bond acceptors (Lipinski definition) is 4. The number of nitrogens with zero attached hydrogens (tertiary/aromatic N) is 1. The molecule has 0 aliphatic rings. The van der Waals surface area contributed by atoms with Crippen molar-refractivity contribution in [3.05, 3.63) is 89.5 Å². The lowest BCUT2D eigenvalue weighted by Gasteiger charge is -2.23. The molecule has 0 aromatic heterocycles. The van der Waals surface area contributed by atoms with E-state index in [0.717, 1.165) is 11.1 Å². The number of hydrogen-bond donors (Lipinski definition) is 2. The quantitative estimate of drug-likeness (QED) is 0.612. The summed E-state index contributed by atoms with van der Waals surface area (Å²) in [7, 11) is -2.05. The zero-order valence-corrected chi connectivity index (χ0v) is 17.0. The topological polar surface area (TPSA) is 86.7 Å². The molecule has 0 aliphatic heterocycles. The van der Waals surface area contributed by atoms with E-state index in [1.165, 1.54) is 24.3 Å². The molecule has 0 atom stereocenters. The first-order valence-electron chi connectivity index (χ1n) is 8.98. The molecule has 150 valence electrons. The number of aromatic carboxylic acids is 1. The van der Waals surface area contributed by atoms with Gasteiger partial charge in [0.05, 0.1) is 21.8 Å². The van der Waals surface area contributed by atoms with Crippen molar-refractivity contribution in [1.82, 2.24) is 0 Å². The van der Waals surface area contributed by atoms with Crippen LogP contribution in [-0.2, 0) is 16.6 Å². The third-order valence-electron chi connectivity index (χ3n) is 4.49. The fourth-order valence-corrected chi connectivity index (χ4v) is 4.01. The Hall–Kier alpha value is -3.32. The molecular weight excluding hydrogens is 388 g/mol. The van der Waals surface area contributed by atoms with Gasteiger partial charge < -0.3 is 10.0 Å². The summed E-state index contributed by atoms with van der Waals surface area (Å²) in [6, 6.07) is 20.6. The van der Waals surface area contributed by atoms with Crippen molar-refractivity contribution in [2.45, 2.75) is 18.4 Å². The van der Waals surface area contributed by atoms with Crippen LogP contribution in [0.3, 0.4) is 0 Å². The van der Waals surface area contributed by atoms with Gasteiger partial charge >= 0.3 is 5.97 Å². The first-order chi connectivity index (χ1) is 13.8. The van der Waals surface area contributed by atoms with E-state index < -0.39 is 16.0 Å². The van der Waals surface area contributed by atoms with E-state index in [1.807, 2.05) is 49.2 Å². The molecule has 0 saturated carbocycles. The minimum atomic E-state index is -3.87. The lowest BCUT2D eigenvalue weighted by Crippen LogP contribution is -2.21. The number of rotatable bonds is 7. The number of carbonyl (C=O) groups is 1. The number of carboxylic acid groups (broad SMARTS) is 1. The highest BCUT2D eigenvalue weighted by Gasteiger charge is 2.19. The third-order valence-corrected chi connectivity index (χ3v) is 5.87. The second-order valence-electron chi connectivity index (χ2n) is 6.80. The minimum absolute atomic E-state index is 0.00321. The maximum absolute atomic E-state index is 12.9. The average Bonchev–Trinajstić information content (AvgIpc) is 2.68. The average molecular weight is 410 g/mol. The number of nitrogens with one attached hydrogen (secondary N) is 1. The molecule has 0 amide bonds. The SMILES string of the molecule is Cc1ccc(S(=O)(=O)Nc2cc(C(=O)O)ccc2N(C)Cc2ccccc2)cc1. The zero-order valence-electron chi connectivity index (χ0n) is 16.2. The summed E-state index contributed by atoms with van der Waals surface area (Å²) in [4.78, 5) is 13.4. The van der Waals surface area contributed by atoms with Crippen LogP contribution in [0, 0.1) is 6.92 Å². The van der Waals surface area contributed by atoms with Crippen LogP contribution in [0.4, 0.5) is 11.4 Å². The van der Waals surface area contributed by atoms with Gasteiger partial charge in [-0.25, -0.2) is 13.2 Å². The van der Waals surface area contributed by atoms with Crippen LogP contribution in [0.1, 0.15) is 21.5 Å². The van der Waals surface area contributed by atoms with Crippen molar-refractivity contribution in [1.29, 1.82) is 0 Å². The Balaban J connectivity index is 1.97. The summed E-state index contributed by atoms with van der Waals surface area (Å²) >= 11 is 0. The normalized spacial score (nSPS) is 11.1. The maximum Gasteiger partial charge on any atom is 0.335 e. The Bertz CT molecular complexity index is 1110. The number of aryl methyl sites for hydroxylation is 1. The van der Waals surface area contributed by atoms with Gasteiger partial charge in [-0.2, -0.15) is 0 Å². The molecule has 2 N–H and O–H groups in total. The van der Waals surface area contributed by atoms with Gasteiger partial charge in [0.25, 0.3) is 10.0 Å². The summed E-state index contributed by atoms with van der Waals surface area (Å²) in [6.07, 6.45) is 0. The van der Waals surface area contributed by atoms with Crippen molar-refractivity contribution < 1.29 is 18.3 Å². The highest BCUT2D eigenvalue weighted by molar-refractivity contribution is 7.92. The van der Waals surface area contributed by atoms with Crippen molar-refractivity contribution in [3.8, 4) is 0 Å². The van der Waals surface area contributed by atoms with Crippen LogP contribution in [0.5, 0.6) is 0 Å². The van der Waals surface area contributed by atoms with Crippen LogP contribution in [0.2, 0.25) is 0 Å². The summed E-state index contributed by atoms with van der Waals surface area (Å²) < 4.78 is 28.3. The van der Waals surface area contributed by atoms with Crippen molar-refractivity contribution in [3.63, 3.8) is 0 Å². The Kier molecular flexibility index (Phi) is 5.89. The van der Waals surface area contributed by atoms with E-state index in [-0.39, 0.29) is 16.1 Å². The molecule has 3 aromatic carbocycles. The molecule has 7 heteroatoms. The van der Waals surface area contributed by atoms with E-state index in [2.05, 4.69) is 4.72 Å². The van der Waals surface area contributed by atoms with Gasteiger partial charge in [-0.3, -0.25) is 4.72 Å². The van der Waals surface area contributed by atoms with Crippen LogP contribution in [-0.4, -0.2) is 26.5 Å². The summed E-state index contributed by atoms with van der Waals surface area (Å²) in [6.45, 7) is 2.41. The van der Waals surface area contributed by atoms with Crippen LogP contribution in [0.15, 0.2) is 77.7 Å². The van der Waals surface area contributed by atoms with E-state index in [9.17, 15) is 18.3 Å². The summed E-state index contributed by atoms with van der Waals surface area (Å²) in [5.74, 6) is -1.13. The third kappa shape index (κ3) is 4.94. The molecule has 6 nitrogen and oxygen atoms in total. The number of anilines is 2. The van der Waals surface area contributed by atoms with Gasteiger partial charge in [-0.1, -0.05) is 48.0 Å². The second-order valence-corrected chi connectivity index (χ2v) is 8.48. The monoisotopic (exact) mass is 410 g/mol. The number of carboxylic acids is 1. The van der Waals surface area contributed by atoms with E-state index in [0.29, 0.717) is 12.2 Å². The standard InChI is InChI=1S/C22H22N2O4S/c1-16-8-11-19(12-9-16)29(27,28)23-20-14-18(22(25)26)10-13-21(20)24(2)15-17-6-4-3-5-7-17/h3-14,23H,15H2,1-2H3,(H,25,26). The molecule has 0 spiro atoms. The van der Waals surface area contributed by atoms with Crippen molar-refractivity contribution in [2.24, 2.45) is 0 Å². The van der Waals surface area contributed by atoms with Gasteiger partial charge in [-0.15, -0.1) is 0 Å². The van der Waals surface area contributed by atoms with Crippen LogP contribution in [0.25, 0.3) is 0 Å². The van der Waals surface area contributed by atoms with Gasteiger partial charge in [0, 0.05) is 13.6 Å². The Morgan fingerprint density at radius 1 is 1.00 bits per heavy atom. The smallest absolute Gasteiger partial charge is 0.335 e. The van der Waals surface area contributed by atoms with Gasteiger partial charge in [0.15, 0.2) is 0 Å². The predicted molar refractivity (Wildman–Crippen MR) is 114 cm³/mol. The minimum Gasteiger partial charge on any atom is -0.478 e. The molecule has 0 radical (unpaired) electrons. The maximum atomic E-state index is 12.9. The van der Waals surface area contributed by atoms with E-state index in [1.54, 1.807) is 18.2 Å². The van der Waals surface area contributed by atoms with Crippen molar-refractivity contribution in [2.75, 3.05) is 16.7 Å². The number of sulfonamides is 1. The summed E-state index contributed by atoms with van der Waals surface area (Å²) in [5.41, 5.74) is 2.78. The predicted octanol–water partition coefficient (Wildman–Crippen LogP) is 4.13. The van der Waals surface area contributed by atoms with Crippen molar-refractivity contribution >= 4 is 27.4 Å². The van der Waals surface area contributed by atoms with Gasteiger partial charge in [0.1, 0.15) is 0 Å². The fourth-order valence-electron chi connectivity index (χ4n) is 2.95. The zero-order chi connectivity index (χ0) is 21.0. The van der Waals surface area contributed by atoms with Crippen LogP contribution < -0.4 is 9.62 Å². The molecule has 3 rings (SSSR count). The first kappa shape index (κ1) is 20.4.